The van der Waals surface area contributed by atoms with Crippen LogP contribution >= 0.6 is 0 Å². The molecule has 6 heteroatoms. The first-order valence-corrected chi connectivity index (χ1v) is 8.09. The molecule has 1 amide bonds. The number of nitrogens with zero attached hydrogens (tertiary/aromatic N) is 3. The van der Waals surface area contributed by atoms with Crippen molar-refractivity contribution < 1.29 is 9.21 Å². The quantitative estimate of drug-likeness (QED) is 0.800. The third kappa shape index (κ3) is 2.71. The zero-order valence-electron chi connectivity index (χ0n) is 13.5. The molecule has 3 aromatic rings. The van der Waals surface area contributed by atoms with Gasteiger partial charge in [-0.1, -0.05) is 0 Å². The fourth-order valence-electron chi connectivity index (χ4n) is 3.07. The Morgan fingerprint density at radius 3 is 2.79 bits per heavy atom. The van der Waals surface area contributed by atoms with E-state index in [1.54, 1.807) is 12.1 Å². The molecule has 1 aliphatic heterocycles. The van der Waals surface area contributed by atoms with Crippen LogP contribution in [0.2, 0.25) is 0 Å². The number of anilines is 2. The molecule has 122 valence electrons. The molecule has 1 aliphatic rings. The minimum Gasteiger partial charge on any atom is -0.459 e. The molecule has 1 aromatic carbocycles. The molecule has 0 saturated carbocycles. The number of hydrogen-bond donors (Lipinski definition) is 1. The summed E-state index contributed by atoms with van der Waals surface area (Å²) < 4.78 is 5.12. The van der Waals surface area contributed by atoms with E-state index >= 15 is 0 Å². The van der Waals surface area contributed by atoms with E-state index in [4.69, 9.17) is 4.42 Å². The Balaban J connectivity index is 1.69. The molecule has 4 rings (SSSR count). The minimum absolute atomic E-state index is 0.273. The van der Waals surface area contributed by atoms with Crippen LogP contribution in [0.5, 0.6) is 0 Å². The average molecular weight is 322 g/mol. The van der Waals surface area contributed by atoms with Gasteiger partial charge in [0.05, 0.1) is 11.8 Å². The molecule has 0 spiro atoms. The van der Waals surface area contributed by atoms with Crippen molar-refractivity contribution in [3.8, 4) is 0 Å². The lowest BCUT2D eigenvalue weighted by molar-refractivity contribution is 0.0996. The monoisotopic (exact) mass is 322 g/mol. The van der Waals surface area contributed by atoms with E-state index in [1.807, 2.05) is 25.1 Å². The highest BCUT2D eigenvalue weighted by molar-refractivity contribution is 6.03. The van der Waals surface area contributed by atoms with Gasteiger partial charge in [0, 0.05) is 24.2 Å². The number of nitrogens with one attached hydrogen (secondary N) is 1. The third-order valence-electron chi connectivity index (χ3n) is 4.20. The van der Waals surface area contributed by atoms with Crippen molar-refractivity contribution in [2.24, 2.45) is 0 Å². The van der Waals surface area contributed by atoms with Gasteiger partial charge in [0.1, 0.15) is 11.6 Å². The largest absolute Gasteiger partial charge is 0.459 e. The molecule has 0 radical (unpaired) electrons. The fourth-order valence-corrected chi connectivity index (χ4v) is 3.07. The topological polar surface area (TPSA) is 71.3 Å². The summed E-state index contributed by atoms with van der Waals surface area (Å²) in [5.74, 6) is 1.73. The van der Waals surface area contributed by atoms with Gasteiger partial charge in [0.15, 0.2) is 5.76 Å². The maximum Gasteiger partial charge on any atom is 0.291 e. The van der Waals surface area contributed by atoms with E-state index in [0.717, 1.165) is 35.6 Å². The van der Waals surface area contributed by atoms with Gasteiger partial charge in [-0.05, 0) is 50.1 Å². The molecule has 1 saturated heterocycles. The van der Waals surface area contributed by atoms with Crippen molar-refractivity contribution in [1.82, 2.24) is 9.97 Å². The van der Waals surface area contributed by atoms with Crippen molar-refractivity contribution in [2.75, 3.05) is 23.3 Å². The maximum atomic E-state index is 12.1. The molecule has 0 unspecified atom stereocenters. The third-order valence-corrected chi connectivity index (χ3v) is 4.20. The summed E-state index contributed by atoms with van der Waals surface area (Å²) in [4.78, 5) is 23.6. The summed E-state index contributed by atoms with van der Waals surface area (Å²) in [6.07, 6.45) is 3.87. The Bertz CT molecular complexity index is 883. The van der Waals surface area contributed by atoms with Crippen LogP contribution in [-0.2, 0) is 0 Å². The summed E-state index contributed by atoms with van der Waals surface area (Å²) in [5, 5.41) is 3.85. The summed E-state index contributed by atoms with van der Waals surface area (Å²) in [6.45, 7) is 3.96. The minimum atomic E-state index is -0.273. The number of carbonyl (C=O) groups is 1. The van der Waals surface area contributed by atoms with Gasteiger partial charge in [0.2, 0.25) is 0 Å². The van der Waals surface area contributed by atoms with Gasteiger partial charge in [-0.25, -0.2) is 9.97 Å². The second-order valence-electron chi connectivity index (χ2n) is 5.95. The Kier molecular flexibility index (Phi) is 3.65. The number of fused-ring (bicyclic) bond motifs is 1. The second-order valence-corrected chi connectivity index (χ2v) is 5.95. The van der Waals surface area contributed by atoms with Crippen molar-refractivity contribution in [3.05, 3.63) is 48.2 Å². The van der Waals surface area contributed by atoms with Gasteiger partial charge >= 0.3 is 0 Å². The molecule has 0 atom stereocenters. The summed E-state index contributed by atoms with van der Waals surface area (Å²) in [5.41, 5.74) is 1.52. The smallest absolute Gasteiger partial charge is 0.291 e. The number of amides is 1. The first-order chi connectivity index (χ1) is 11.7. The number of furan rings is 1. The Morgan fingerprint density at radius 2 is 2.04 bits per heavy atom. The number of aryl methyl sites for hydroxylation is 1. The number of carbonyl (C=O) groups excluding carboxylic acids is 1. The molecule has 3 heterocycles. The lowest BCUT2D eigenvalue weighted by atomic mass is 10.2. The van der Waals surface area contributed by atoms with Gasteiger partial charge in [0.25, 0.3) is 5.91 Å². The molecule has 24 heavy (non-hydrogen) atoms. The first-order valence-electron chi connectivity index (χ1n) is 8.09. The predicted octanol–water partition coefficient (Wildman–Crippen LogP) is 3.38. The van der Waals surface area contributed by atoms with Crippen LogP contribution in [0.3, 0.4) is 0 Å². The lowest BCUT2D eigenvalue weighted by Crippen LogP contribution is -2.20. The van der Waals surface area contributed by atoms with Crippen molar-refractivity contribution in [3.63, 3.8) is 0 Å². The van der Waals surface area contributed by atoms with Crippen LogP contribution in [0.25, 0.3) is 10.9 Å². The lowest BCUT2D eigenvalue weighted by Gasteiger charge is -2.19. The molecule has 1 fully saturated rings. The SMILES string of the molecule is Cc1nc(N2CCCC2)c2ccc(NC(=O)c3ccco3)cc2n1. The van der Waals surface area contributed by atoms with Crippen LogP contribution in [0, 0.1) is 6.92 Å². The second kappa shape index (κ2) is 5.96. The Labute approximate surface area is 139 Å². The highest BCUT2D eigenvalue weighted by atomic mass is 16.3. The molecule has 0 aliphatic carbocycles. The van der Waals surface area contributed by atoms with Gasteiger partial charge in [-0.2, -0.15) is 0 Å². The Hall–Kier alpha value is -2.89. The standard InChI is InChI=1S/C18H18N4O2/c1-12-19-15-11-13(21-18(23)16-5-4-10-24-16)6-7-14(15)17(20-12)22-8-2-3-9-22/h4-7,10-11H,2-3,8-9H2,1H3,(H,21,23). The molecular formula is C18H18N4O2. The van der Waals surface area contributed by atoms with Crippen LogP contribution in [0.4, 0.5) is 11.5 Å². The molecule has 0 bridgehead atoms. The number of aromatic nitrogens is 2. The Morgan fingerprint density at radius 1 is 1.21 bits per heavy atom. The number of hydrogen-bond acceptors (Lipinski definition) is 5. The first kappa shape index (κ1) is 14.7. The van der Waals surface area contributed by atoms with Crippen molar-refractivity contribution >= 4 is 28.3 Å². The summed E-state index contributed by atoms with van der Waals surface area (Å²) >= 11 is 0. The van der Waals surface area contributed by atoms with Crippen LogP contribution in [0.15, 0.2) is 41.0 Å². The van der Waals surface area contributed by atoms with E-state index in [-0.39, 0.29) is 11.7 Å². The zero-order chi connectivity index (χ0) is 16.5. The number of benzene rings is 1. The molecule has 2 aromatic heterocycles. The van der Waals surface area contributed by atoms with Crippen molar-refractivity contribution in [2.45, 2.75) is 19.8 Å². The van der Waals surface area contributed by atoms with Crippen LogP contribution < -0.4 is 10.2 Å². The maximum absolute atomic E-state index is 12.1. The zero-order valence-corrected chi connectivity index (χ0v) is 13.5. The fraction of sp³-hybridized carbons (Fsp3) is 0.278. The van der Waals surface area contributed by atoms with Crippen LogP contribution in [-0.4, -0.2) is 29.0 Å². The predicted molar refractivity (Wildman–Crippen MR) is 92.4 cm³/mol. The summed E-state index contributed by atoms with van der Waals surface area (Å²) in [7, 11) is 0. The van der Waals surface area contributed by atoms with E-state index < -0.39 is 0 Å². The van der Waals surface area contributed by atoms with Crippen molar-refractivity contribution in [1.29, 1.82) is 0 Å². The van der Waals surface area contributed by atoms with Crippen LogP contribution in [0.1, 0.15) is 29.2 Å². The summed E-state index contributed by atoms with van der Waals surface area (Å²) in [6, 6.07) is 9.05. The highest BCUT2D eigenvalue weighted by Gasteiger charge is 2.18. The number of rotatable bonds is 3. The van der Waals surface area contributed by atoms with Gasteiger partial charge in [-0.3, -0.25) is 4.79 Å². The van der Waals surface area contributed by atoms with E-state index in [9.17, 15) is 4.79 Å². The normalized spacial score (nSPS) is 14.3. The van der Waals surface area contributed by atoms with E-state index in [2.05, 4.69) is 20.2 Å². The highest BCUT2D eigenvalue weighted by Crippen LogP contribution is 2.28. The van der Waals surface area contributed by atoms with E-state index in [0.29, 0.717) is 5.69 Å². The molecule has 1 N–H and O–H groups in total. The molecular weight excluding hydrogens is 304 g/mol. The van der Waals surface area contributed by atoms with E-state index in [1.165, 1.54) is 19.1 Å². The average Bonchev–Trinajstić information content (AvgIpc) is 3.27. The molecule has 6 nitrogen and oxygen atoms in total. The van der Waals surface area contributed by atoms with Gasteiger partial charge in [-0.15, -0.1) is 0 Å². The van der Waals surface area contributed by atoms with Gasteiger partial charge < -0.3 is 14.6 Å².